The van der Waals surface area contributed by atoms with E-state index in [1.807, 2.05) is 0 Å². The van der Waals surface area contributed by atoms with Crippen molar-refractivity contribution in [1.29, 1.82) is 0 Å². The van der Waals surface area contributed by atoms with E-state index in [-0.39, 0.29) is 23.1 Å². The van der Waals surface area contributed by atoms with Crippen LogP contribution >= 0.6 is 17.0 Å². The van der Waals surface area contributed by atoms with Crippen molar-refractivity contribution >= 4 is 17.0 Å². The molecule has 0 aromatic carbocycles. The number of hydrogen-bond acceptors (Lipinski definition) is 1. The molecule has 1 nitrogen and oxygen atoms in total. The van der Waals surface area contributed by atoms with Gasteiger partial charge in [-0.3, -0.25) is 0 Å². The quantitative estimate of drug-likeness (QED) is 0.654. The van der Waals surface area contributed by atoms with Gasteiger partial charge in [-0.15, -0.1) is 17.0 Å². The summed E-state index contributed by atoms with van der Waals surface area (Å²) >= 11 is 0. The van der Waals surface area contributed by atoms with Gasteiger partial charge in [-0.2, -0.15) is 0 Å². The Kier molecular flexibility index (Phi) is 20.1. The van der Waals surface area contributed by atoms with E-state index in [1.165, 1.54) is 5.57 Å². The Bertz CT molecular complexity index is 46.5. The van der Waals surface area contributed by atoms with Crippen molar-refractivity contribution in [2.24, 2.45) is 0 Å². The fourth-order valence-corrected chi connectivity index (χ4v) is 0.250. The maximum absolute atomic E-state index is 3.79. The van der Waals surface area contributed by atoms with Gasteiger partial charge in [-0.05, 0) is 12.8 Å². The molecular weight excluding hydrogens is 166 g/mol. The molecule has 0 aliphatic heterocycles. The van der Waals surface area contributed by atoms with E-state index < -0.39 is 0 Å². The molecule has 52 valence electrons. The average molecular weight is 182 g/mol. The van der Waals surface area contributed by atoms with Crippen LogP contribution in [0.2, 0.25) is 0 Å². The lowest BCUT2D eigenvalue weighted by Gasteiger charge is -1.89. The van der Waals surface area contributed by atoms with Gasteiger partial charge in [-0.25, -0.2) is 0 Å². The Balaban J connectivity index is -0.000000125. The van der Waals surface area contributed by atoms with Crippen LogP contribution in [0.25, 0.3) is 0 Å². The van der Waals surface area contributed by atoms with Gasteiger partial charge in [0.15, 0.2) is 0 Å². The normalized spacial score (nSPS) is 6.25. The molecule has 0 spiro atoms. The summed E-state index contributed by atoms with van der Waals surface area (Å²) in [5.74, 6) is 0. The first-order valence-corrected chi connectivity index (χ1v) is 2.47. The van der Waals surface area contributed by atoms with Gasteiger partial charge in [0.25, 0.3) is 0 Å². The molecule has 0 aliphatic rings. The summed E-state index contributed by atoms with van der Waals surface area (Å²) in [6.45, 7) is 8.05. The highest BCUT2D eigenvalue weighted by molar-refractivity contribution is 8.93. The minimum Gasteiger partial charge on any atom is -0.344 e. The minimum absolute atomic E-state index is 0. The molecule has 0 rings (SSSR count). The van der Waals surface area contributed by atoms with Crippen LogP contribution in [-0.2, 0) is 0 Å². The second-order valence-electron chi connectivity index (χ2n) is 1.46. The summed E-state index contributed by atoms with van der Waals surface area (Å²) in [7, 11) is 0. The zero-order valence-electron chi connectivity index (χ0n) is 5.74. The summed E-state index contributed by atoms with van der Waals surface area (Å²) in [5, 5.41) is 0. The fourth-order valence-electron chi connectivity index (χ4n) is 0.250. The second-order valence-corrected chi connectivity index (χ2v) is 1.46. The first kappa shape index (κ1) is 15.7. The third-order valence-electron chi connectivity index (χ3n) is 1.000. The molecule has 0 heterocycles. The first-order valence-electron chi connectivity index (χ1n) is 2.47. The number of halogens is 1. The summed E-state index contributed by atoms with van der Waals surface area (Å²) in [6, 6.07) is 0. The molecule has 2 heteroatoms. The highest BCUT2D eigenvalue weighted by atomic mass is 79.9. The van der Waals surface area contributed by atoms with Gasteiger partial charge >= 0.3 is 0 Å². The van der Waals surface area contributed by atoms with Crippen LogP contribution in [-0.4, -0.2) is 0 Å². The van der Waals surface area contributed by atoms with Crippen molar-refractivity contribution in [2.45, 2.75) is 26.7 Å². The van der Waals surface area contributed by atoms with Gasteiger partial charge in [0.2, 0.25) is 0 Å². The predicted octanol–water partition coefficient (Wildman–Crippen LogP) is 3.10. The van der Waals surface area contributed by atoms with Crippen molar-refractivity contribution in [3.63, 3.8) is 0 Å². The highest BCUT2D eigenvalue weighted by Crippen LogP contribution is 1.98. The fraction of sp³-hybridized carbons (Fsp3) is 0.667. The maximum Gasteiger partial charge on any atom is -0.0352 e. The molecule has 3 N–H and O–H groups in total. The van der Waals surface area contributed by atoms with Crippen LogP contribution in [0, 0.1) is 0 Å². The van der Waals surface area contributed by atoms with E-state index in [4.69, 9.17) is 0 Å². The van der Waals surface area contributed by atoms with Gasteiger partial charge in [0.05, 0.1) is 0 Å². The molecule has 0 atom stereocenters. The molecular formula is C6H16BrN. The Morgan fingerprint density at radius 3 is 1.50 bits per heavy atom. The second kappa shape index (κ2) is 10.2. The van der Waals surface area contributed by atoms with E-state index in [0.29, 0.717) is 0 Å². The maximum atomic E-state index is 3.79. The van der Waals surface area contributed by atoms with Gasteiger partial charge in [-0.1, -0.05) is 26.0 Å². The molecule has 0 aromatic heterocycles. The van der Waals surface area contributed by atoms with Crippen molar-refractivity contribution in [1.82, 2.24) is 6.15 Å². The largest absolute Gasteiger partial charge is 0.344 e. The van der Waals surface area contributed by atoms with Crippen molar-refractivity contribution in [3.05, 3.63) is 12.2 Å². The van der Waals surface area contributed by atoms with Crippen LogP contribution < -0.4 is 6.15 Å². The van der Waals surface area contributed by atoms with Crippen LogP contribution in [0.1, 0.15) is 26.7 Å². The smallest absolute Gasteiger partial charge is 0.0352 e. The van der Waals surface area contributed by atoms with Crippen LogP contribution in [0.4, 0.5) is 0 Å². The lowest BCUT2D eigenvalue weighted by atomic mass is 10.2. The van der Waals surface area contributed by atoms with E-state index in [0.717, 1.165) is 12.8 Å². The SMILES string of the molecule is Br.C=C(CC)CC.N. The summed E-state index contributed by atoms with van der Waals surface area (Å²) in [4.78, 5) is 0. The summed E-state index contributed by atoms with van der Waals surface area (Å²) < 4.78 is 0. The third kappa shape index (κ3) is 9.49. The molecule has 8 heavy (non-hydrogen) atoms. The van der Waals surface area contributed by atoms with Crippen LogP contribution in [0.15, 0.2) is 12.2 Å². The highest BCUT2D eigenvalue weighted by Gasteiger charge is 1.78. The predicted molar refractivity (Wildman–Crippen MR) is 45.1 cm³/mol. The van der Waals surface area contributed by atoms with Crippen LogP contribution in [0.5, 0.6) is 0 Å². The monoisotopic (exact) mass is 181 g/mol. The molecule has 0 aromatic rings. The van der Waals surface area contributed by atoms with Crippen molar-refractivity contribution in [3.8, 4) is 0 Å². The van der Waals surface area contributed by atoms with E-state index >= 15 is 0 Å². The Morgan fingerprint density at radius 2 is 1.50 bits per heavy atom. The Hall–Kier alpha value is 0.180. The summed E-state index contributed by atoms with van der Waals surface area (Å²) in [5.41, 5.74) is 1.34. The standard InChI is InChI=1S/C6H12.BrH.H3N/c1-4-6(3)5-2;;/h3-5H2,1-2H3;1H;1H3. The van der Waals surface area contributed by atoms with E-state index in [2.05, 4.69) is 20.4 Å². The zero-order chi connectivity index (χ0) is 4.99. The molecule has 0 fully saturated rings. The van der Waals surface area contributed by atoms with Crippen molar-refractivity contribution < 1.29 is 0 Å². The molecule has 0 saturated carbocycles. The number of hydrogen-bond donors (Lipinski definition) is 1. The van der Waals surface area contributed by atoms with Gasteiger partial charge < -0.3 is 6.15 Å². The van der Waals surface area contributed by atoms with E-state index in [1.54, 1.807) is 0 Å². The number of rotatable bonds is 2. The molecule has 0 aliphatic carbocycles. The zero-order valence-corrected chi connectivity index (χ0v) is 7.45. The molecule has 0 radical (unpaired) electrons. The van der Waals surface area contributed by atoms with Gasteiger partial charge in [0, 0.05) is 0 Å². The summed E-state index contributed by atoms with van der Waals surface area (Å²) in [6.07, 6.45) is 2.27. The molecule has 0 saturated heterocycles. The third-order valence-corrected chi connectivity index (χ3v) is 1.000. The van der Waals surface area contributed by atoms with Crippen LogP contribution in [0.3, 0.4) is 0 Å². The van der Waals surface area contributed by atoms with Crippen molar-refractivity contribution in [2.75, 3.05) is 0 Å². The Labute approximate surface area is 62.5 Å². The first-order chi connectivity index (χ1) is 2.81. The molecule has 0 unspecified atom stereocenters. The average Bonchev–Trinajstić information content (AvgIpc) is 1.65. The minimum atomic E-state index is 0. The Morgan fingerprint density at radius 1 is 1.25 bits per heavy atom. The number of allylic oxidation sites excluding steroid dienone is 1. The lowest BCUT2D eigenvalue weighted by molar-refractivity contribution is 0.986. The van der Waals surface area contributed by atoms with E-state index in [9.17, 15) is 0 Å². The lowest BCUT2D eigenvalue weighted by Crippen LogP contribution is -1.68. The molecule has 0 amide bonds. The molecule has 0 bridgehead atoms. The van der Waals surface area contributed by atoms with Gasteiger partial charge in [0.1, 0.15) is 0 Å². The topological polar surface area (TPSA) is 35.0 Å².